The fourth-order valence-electron chi connectivity index (χ4n) is 3.70. The van der Waals surface area contributed by atoms with Crippen molar-refractivity contribution in [3.8, 4) is 0 Å². The molecule has 0 saturated heterocycles. The van der Waals surface area contributed by atoms with Gasteiger partial charge in [-0.3, -0.25) is 9.78 Å². The Morgan fingerprint density at radius 3 is 2.46 bits per heavy atom. The number of hydrogen-bond donors (Lipinski definition) is 0. The van der Waals surface area contributed by atoms with Crippen LogP contribution in [0.2, 0.25) is 0 Å². The predicted molar refractivity (Wildman–Crippen MR) is 115 cm³/mol. The smallest absolute Gasteiger partial charge is 0.270 e. The Morgan fingerprint density at radius 2 is 1.71 bits per heavy atom. The number of aromatic nitrogens is 2. The Hall–Kier alpha value is -2.62. The Labute approximate surface area is 168 Å². The number of para-hydroxylation sites is 1. The molecule has 4 heteroatoms. The van der Waals surface area contributed by atoms with E-state index in [-0.39, 0.29) is 5.91 Å². The number of fused-ring (bicyclic) bond motifs is 1. The molecule has 2 aromatic heterocycles. The second-order valence-electron chi connectivity index (χ2n) is 7.50. The molecular formula is C24H31N3O. The second-order valence-corrected chi connectivity index (χ2v) is 7.50. The van der Waals surface area contributed by atoms with Crippen LogP contribution in [-0.2, 0) is 13.6 Å². The van der Waals surface area contributed by atoms with Crippen LogP contribution in [0.1, 0.15) is 61.5 Å². The summed E-state index contributed by atoms with van der Waals surface area (Å²) in [5, 5.41) is 1.11. The Balaban J connectivity index is 1.74. The van der Waals surface area contributed by atoms with E-state index < -0.39 is 0 Å². The van der Waals surface area contributed by atoms with Crippen LogP contribution in [0, 0.1) is 0 Å². The molecule has 1 amide bonds. The summed E-state index contributed by atoms with van der Waals surface area (Å²) in [5.74, 6) is 0.101. The number of amides is 1. The number of nitrogens with zero attached hydrogens (tertiary/aromatic N) is 3. The third kappa shape index (κ3) is 5.00. The van der Waals surface area contributed by atoms with Gasteiger partial charge in [-0.25, -0.2) is 0 Å². The van der Waals surface area contributed by atoms with Gasteiger partial charge in [0, 0.05) is 43.4 Å². The molecule has 1 aromatic carbocycles. The number of hydrogen-bond acceptors (Lipinski definition) is 2. The fraction of sp³-hybridized carbons (Fsp3) is 0.417. The molecule has 0 spiro atoms. The van der Waals surface area contributed by atoms with E-state index in [4.69, 9.17) is 0 Å². The van der Waals surface area contributed by atoms with Crippen LogP contribution in [0.25, 0.3) is 10.9 Å². The second kappa shape index (κ2) is 10.1. The number of rotatable bonds is 10. The van der Waals surface area contributed by atoms with Gasteiger partial charge in [0.15, 0.2) is 0 Å². The maximum atomic E-state index is 13.4. The average Bonchev–Trinajstić information content (AvgIpc) is 3.07. The summed E-state index contributed by atoms with van der Waals surface area (Å²) >= 11 is 0. The van der Waals surface area contributed by atoms with Crippen LogP contribution in [0.3, 0.4) is 0 Å². The molecule has 0 aliphatic carbocycles. The van der Waals surface area contributed by atoms with Crippen molar-refractivity contribution in [2.75, 3.05) is 6.54 Å². The zero-order valence-electron chi connectivity index (χ0n) is 17.1. The first kappa shape index (κ1) is 20.1. The number of benzene rings is 1. The van der Waals surface area contributed by atoms with Crippen molar-refractivity contribution in [1.82, 2.24) is 14.5 Å². The number of pyridine rings is 1. The van der Waals surface area contributed by atoms with E-state index >= 15 is 0 Å². The molecule has 4 nitrogen and oxygen atoms in total. The molecule has 0 fully saturated rings. The molecule has 0 bridgehead atoms. The average molecular weight is 378 g/mol. The molecule has 3 aromatic rings. The van der Waals surface area contributed by atoms with Crippen LogP contribution in [-0.4, -0.2) is 26.9 Å². The summed E-state index contributed by atoms with van der Waals surface area (Å²) in [6, 6.07) is 14.1. The van der Waals surface area contributed by atoms with E-state index in [2.05, 4.69) is 24.0 Å². The zero-order valence-corrected chi connectivity index (χ0v) is 17.1. The summed E-state index contributed by atoms with van der Waals surface area (Å²) in [7, 11) is 1.98. The van der Waals surface area contributed by atoms with Gasteiger partial charge in [-0.2, -0.15) is 0 Å². The van der Waals surface area contributed by atoms with E-state index in [1.54, 1.807) is 12.4 Å². The SMILES string of the molecule is CCCCCCCCN(Cc1ccncc1)C(=O)c1cc2ccccc2n1C. The maximum Gasteiger partial charge on any atom is 0.270 e. The molecular weight excluding hydrogens is 346 g/mol. The highest BCUT2D eigenvalue weighted by Gasteiger charge is 2.20. The molecule has 148 valence electrons. The van der Waals surface area contributed by atoms with E-state index in [0.29, 0.717) is 6.54 Å². The lowest BCUT2D eigenvalue weighted by Gasteiger charge is -2.23. The van der Waals surface area contributed by atoms with Gasteiger partial charge in [-0.15, -0.1) is 0 Å². The lowest BCUT2D eigenvalue weighted by molar-refractivity contribution is 0.0730. The molecule has 0 aliphatic heterocycles. The predicted octanol–water partition coefficient (Wildman–Crippen LogP) is 5.58. The van der Waals surface area contributed by atoms with E-state index in [0.717, 1.165) is 35.1 Å². The van der Waals surface area contributed by atoms with Gasteiger partial charge in [0.1, 0.15) is 5.69 Å². The Kier molecular flexibility index (Phi) is 7.24. The quantitative estimate of drug-likeness (QED) is 0.433. The number of carbonyl (C=O) groups excluding carboxylic acids is 1. The monoisotopic (exact) mass is 377 g/mol. The standard InChI is InChI=1S/C24H31N3O/c1-3-4-5-6-7-10-17-27(19-20-13-15-25-16-14-20)24(28)23-18-21-11-8-9-12-22(21)26(23)2/h8-9,11-16,18H,3-7,10,17,19H2,1-2H3. The molecule has 0 N–H and O–H groups in total. The molecule has 0 atom stereocenters. The van der Waals surface area contributed by atoms with Gasteiger partial charge in [-0.05, 0) is 36.2 Å². The van der Waals surface area contributed by atoms with E-state index in [9.17, 15) is 4.79 Å². The Morgan fingerprint density at radius 1 is 1.00 bits per heavy atom. The van der Waals surface area contributed by atoms with Gasteiger partial charge in [0.25, 0.3) is 5.91 Å². The van der Waals surface area contributed by atoms with Crippen molar-refractivity contribution in [3.63, 3.8) is 0 Å². The highest BCUT2D eigenvalue weighted by atomic mass is 16.2. The van der Waals surface area contributed by atoms with Crippen molar-refractivity contribution in [2.45, 2.75) is 52.0 Å². The minimum absolute atomic E-state index is 0.101. The van der Waals surface area contributed by atoms with Gasteiger partial charge >= 0.3 is 0 Å². The van der Waals surface area contributed by atoms with Gasteiger partial charge in [-0.1, -0.05) is 57.2 Å². The molecule has 0 unspecified atom stereocenters. The summed E-state index contributed by atoms with van der Waals surface area (Å²) in [5.41, 5.74) is 2.96. The normalized spacial score (nSPS) is 11.1. The maximum absolute atomic E-state index is 13.4. The van der Waals surface area contributed by atoms with E-state index in [1.165, 1.54) is 32.1 Å². The first-order valence-electron chi connectivity index (χ1n) is 10.4. The molecule has 0 saturated carbocycles. The number of unbranched alkanes of at least 4 members (excludes halogenated alkanes) is 5. The topological polar surface area (TPSA) is 38.1 Å². The Bertz CT molecular complexity index is 885. The lowest BCUT2D eigenvalue weighted by Crippen LogP contribution is -2.32. The third-order valence-corrected chi connectivity index (χ3v) is 5.36. The molecule has 0 aliphatic rings. The molecule has 28 heavy (non-hydrogen) atoms. The van der Waals surface area contributed by atoms with E-state index in [1.807, 2.05) is 46.8 Å². The summed E-state index contributed by atoms with van der Waals surface area (Å²) < 4.78 is 2.01. The lowest BCUT2D eigenvalue weighted by atomic mass is 10.1. The van der Waals surface area contributed by atoms with Crippen molar-refractivity contribution in [1.29, 1.82) is 0 Å². The molecule has 3 rings (SSSR count). The van der Waals surface area contributed by atoms with Crippen molar-refractivity contribution < 1.29 is 4.79 Å². The summed E-state index contributed by atoms with van der Waals surface area (Å²) in [4.78, 5) is 19.5. The van der Waals surface area contributed by atoms with Crippen molar-refractivity contribution >= 4 is 16.8 Å². The largest absolute Gasteiger partial charge is 0.340 e. The first-order valence-corrected chi connectivity index (χ1v) is 10.4. The van der Waals surface area contributed by atoms with Gasteiger partial charge in [0.2, 0.25) is 0 Å². The highest BCUT2D eigenvalue weighted by molar-refractivity contribution is 5.98. The van der Waals surface area contributed by atoms with Crippen LogP contribution in [0.5, 0.6) is 0 Å². The third-order valence-electron chi connectivity index (χ3n) is 5.36. The van der Waals surface area contributed by atoms with Crippen LogP contribution in [0.15, 0.2) is 54.9 Å². The fourth-order valence-corrected chi connectivity index (χ4v) is 3.70. The van der Waals surface area contributed by atoms with Crippen molar-refractivity contribution in [3.05, 3.63) is 66.1 Å². The summed E-state index contributed by atoms with van der Waals surface area (Å²) in [6.07, 6.45) is 10.9. The zero-order chi connectivity index (χ0) is 19.8. The van der Waals surface area contributed by atoms with Crippen LogP contribution < -0.4 is 0 Å². The highest BCUT2D eigenvalue weighted by Crippen LogP contribution is 2.21. The van der Waals surface area contributed by atoms with Crippen LogP contribution in [0.4, 0.5) is 0 Å². The first-order chi connectivity index (χ1) is 13.7. The van der Waals surface area contributed by atoms with Gasteiger partial charge < -0.3 is 9.47 Å². The molecule has 2 heterocycles. The minimum Gasteiger partial charge on any atom is -0.340 e. The van der Waals surface area contributed by atoms with Crippen molar-refractivity contribution in [2.24, 2.45) is 7.05 Å². The minimum atomic E-state index is 0.101. The number of aryl methyl sites for hydroxylation is 1. The summed E-state index contributed by atoms with van der Waals surface area (Å²) in [6.45, 7) is 3.64. The molecule has 0 radical (unpaired) electrons. The number of carbonyl (C=O) groups is 1. The van der Waals surface area contributed by atoms with Crippen LogP contribution >= 0.6 is 0 Å². The van der Waals surface area contributed by atoms with Gasteiger partial charge in [0.05, 0.1) is 0 Å².